The Morgan fingerprint density at radius 1 is 1.12 bits per heavy atom. The molecular formula is C24H20N2O5S. The van der Waals surface area contributed by atoms with Crippen molar-refractivity contribution in [1.82, 2.24) is 4.98 Å². The van der Waals surface area contributed by atoms with Crippen molar-refractivity contribution in [3.8, 4) is 11.5 Å². The first-order valence-corrected chi connectivity index (χ1v) is 11.2. The molecule has 1 aromatic heterocycles. The zero-order valence-corrected chi connectivity index (χ0v) is 18.1. The minimum Gasteiger partial charge on any atom is -0.507 e. The number of anilines is 1. The molecular weight excluding hydrogens is 428 g/mol. The highest BCUT2D eigenvalue weighted by molar-refractivity contribution is 7.14. The van der Waals surface area contributed by atoms with Crippen LogP contribution < -0.4 is 14.4 Å². The summed E-state index contributed by atoms with van der Waals surface area (Å²) in [7, 11) is 0. The summed E-state index contributed by atoms with van der Waals surface area (Å²) in [4.78, 5) is 31.8. The number of fused-ring (bicyclic) bond motifs is 1. The lowest BCUT2D eigenvalue weighted by atomic mass is 9.94. The van der Waals surface area contributed by atoms with Crippen molar-refractivity contribution in [2.75, 3.05) is 18.1 Å². The molecule has 0 radical (unpaired) electrons. The number of hydrogen-bond acceptors (Lipinski definition) is 7. The molecule has 1 N–H and O–H groups in total. The van der Waals surface area contributed by atoms with Gasteiger partial charge >= 0.3 is 5.91 Å². The van der Waals surface area contributed by atoms with Gasteiger partial charge in [0.05, 0.1) is 11.6 Å². The maximum atomic E-state index is 13.1. The van der Waals surface area contributed by atoms with Crippen LogP contribution in [0.5, 0.6) is 11.5 Å². The molecule has 0 saturated carbocycles. The van der Waals surface area contributed by atoms with Gasteiger partial charge in [0, 0.05) is 17.1 Å². The zero-order chi connectivity index (χ0) is 22.2. The Morgan fingerprint density at radius 2 is 1.88 bits per heavy atom. The summed E-state index contributed by atoms with van der Waals surface area (Å²) in [5, 5.41) is 13.4. The van der Waals surface area contributed by atoms with Gasteiger partial charge in [-0.2, -0.15) is 0 Å². The molecule has 32 heavy (non-hydrogen) atoms. The molecule has 1 fully saturated rings. The van der Waals surface area contributed by atoms with Gasteiger partial charge in [0.25, 0.3) is 5.78 Å². The molecule has 162 valence electrons. The average Bonchev–Trinajstić information content (AvgIpc) is 3.45. The Balaban J connectivity index is 1.67. The van der Waals surface area contributed by atoms with Crippen molar-refractivity contribution < 1.29 is 24.2 Å². The van der Waals surface area contributed by atoms with E-state index < -0.39 is 17.7 Å². The standard InChI is InChI=1S/C24H20N2O5S/c1-2-14-3-5-15(6-4-14)20-19(22(28)23(29)26(20)24-25-9-12-32-24)21(27)16-7-8-17-18(13-16)31-11-10-30-17/h3-9,12-13,20,27H,2,10-11H2,1H3/b21-19-. The maximum Gasteiger partial charge on any atom is 0.301 e. The monoisotopic (exact) mass is 448 g/mol. The summed E-state index contributed by atoms with van der Waals surface area (Å²) in [6.07, 6.45) is 2.45. The van der Waals surface area contributed by atoms with Crippen LogP contribution in [-0.2, 0) is 16.0 Å². The van der Waals surface area contributed by atoms with E-state index in [2.05, 4.69) is 11.9 Å². The summed E-state index contributed by atoms with van der Waals surface area (Å²) < 4.78 is 11.2. The Kier molecular flexibility index (Phi) is 5.14. The van der Waals surface area contributed by atoms with E-state index in [9.17, 15) is 14.7 Å². The zero-order valence-electron chi connectivity index (χ0n) is 17.3. The number of benzene rings is 2. The molecule has 7 nitrogen and oxygen atoms in total. The first kappa shape index (κ1) is 20.3. The van der Waals surface area contributed by atoms with Crippen molar-refractivity contribution >= 4 is 33.9 Å². The van der Waals surface area contributed by atoms with E-state index >= 15 is 0 Å². The van der Waals surface area contributed by atoms with Crippen molar-refractivity contribution in [2.45, 2.75) is 19.4 Å². The van der Waals surface area contributed by atoms with Gasteiger partial charge in [-0.1, -0.05) is 31.2 Å². The molecule has 0 bridgehead atoms. The molecule has 1 saturated heterocycles. The van der Waals surface area contributed by atoms with E-state index in [1.165, 1.54) is 16.2 Å². The minimum absolute atomic E-state index is 0.0196. The van der Waals surface area contributed by atoms with E-state index in [-0.39, 0.29) is 11.3 Å². The summed E-state index contributed by atoms with van der Waals surface area (Å²) in [6, 6.07) is 11.9. The molecule has 2 aliphatic heterocycles. The molecule has 1 unspecified atom stereocenters. The van der Waals surface area contributed by atoms with E-state index in [0.717, 1.165) is 17.5 Å². The molecule has 8 heteroatoms. The fourth-order valence-corrected chi connectivity index (χ4v) is 4.63. The molecule has 1 atom stereocenters. The quantitative estimate of drug-likeness (QED) is 0.367. The SMILES string of the molecule is CCc1ccc(C2/C(=C(/O)c3ccc4c(c3)OCCO4)C(=O)C(=O)N2c2nccs2)cc1. The maximum absolute atomic E-state index is 13.1. The van der Waals surface area contributed by atoms with Gasteiger partial charge in [-0.3, -0.25) is 14.5 Å². The number of nitrogens with zero attached hydrogens (tertiary/aromatic N) is 2. The van der Waals surface area contributed by atoms with Crippen LogP contribution in [0.2, 0.25) is 0 Å². The molecule has 0 aliphatic carbocycles. The van der Waals surface area contributed by atoms with E-state index in [1.54, 1.807) is 29.8 Å². The predicted octanol–water partition coefficient (Wildman–Crippen LogP) is 4.10. The second kappa shape index (κ2) is 8.12. The first-order valence-electron chi connectivity index (χ1n) is 10.3. The summed E-state index contributed by atoms with van der Waals surface area (Å²) >= 11 is 1.26. The van der Waals surface area contributed by atoms with Crippen molar-refractivity contribution in [2.24, 2.45) is 0 Å². The number of aliphatic hydroxyl groups is 1. The summed E-state index contributed by atoms with van der Waals surface area (Å²) in [5.74, 6) is -0.675. The largest absolute Gasteiger partial charge is 0.507 e. The molecule has 2 aromatic carbocycles. The normalized spacial score (nSPS) is 19.4. The number of amides is 1. The predicted molar refractivity (Wildman–Crippen MR) is 120 cm³/mol. The highest BCUT2D eigenvalue weighted by Crippen LogP contribution is 2.43. The van der Waals surface area contributed by atoms with Crippen LogP contribution >= 0.6 is 11.3 Å². The fourth-order valence-electron chi connectivity index (χ4n) is 3.96. The number of hydrogen-bond donors (Lipinski definition) is 1. The van der Waals surface area contributed by atoms with Crippen LogP contribution in [0.25, 0.3) is 5.76 Å². The van der Waals surface area contributed by atoms with Crippen LogP contribution in [0, 0.1) is 0 Å². The number of ether oxygens (including phenoxy) is 2. The number of rotatable bonds is 4. The molecule has 3 aromatic rings. The minimum atomic E-state index is -0.791. The summed E-state index contributed by atoms with van der Waals surface area (Å²) in [6.45, 7) is 2.90. The second-order valence-electron chi connectivity index (χ2n) is 7.44. The van der Waals surface area contributed by atoms with Gasteiger partial charge in [0.15, 0.2) is 16.6 Å². The Hall–Kier alpha value is -3.65. The number of thiazole rings is 1. The lowest BCUT2D eigenvalue weighted by Gasteiger charge is -2.23. The number of aliphatic hydroxyl groups excluding tert-OH is 1. The third-order valence-electron chi connectivity index (χ3n) is 5.59. The molecule has 0 spiro atoms. The van der Waals surface area contributed by atoms with Crippen LogP contribution in [0.15, 0.2) is 59.6 Å². The van der Waals surface area contributed by atoms with Gasteiger partial charge in [-0.15, -0.1) is 11.3 Å². The second-order valence-corrected chi connectivity index (χ2v) is 8.31. The highest BCUT2D eigenvalue weighted by Gasteiger charge is 2.48. The van der Waals surface area contributed by atoms with Crippen LogP contribution in [0.4, 0.5) is 5.13 Å². The number of aryl methyl sites for hydroxylation is 1. The topological polar surface area (TPSA) is 89.0 Å². The lowest BCUT2D eigenvalue weighted by Crippen LogP contribution is -2.29. The Labute approximate surface area is 188 Å². The first-order chi connectivity index (χ1) is 15.6. The van der Waals surface area contributed by atoms with Crippen molar-refractivity contribution in [1.29, 1.82) is 0 Å². The van der Waals surface area contributed by atoms with Crippen LogP contribution in [-0.4, -0.2) is 35.0 Å². The highest BCUT2D eigenvalue weighted by atomic mass is 32.1. The summed E-state index contributed by atoms with van der Waals surface area (Å²) in [5.41, 5.74) is 2.25. The van der Waals surface area contributed by atoms with Gasteiger partial charge in [-0.05, 0) is 35.7 Å². The number of aromatic nitrogens is 1. The van der Waals surface area contributed by atoms with E-state index in [4.69, 9.17) is 9.47 Å². The molecule has 5 rings (SSSR count). The van der Waals surface area contributed by atoms with E-state index in [0.29, 0.717) is 35.4 Å². The third kappa shape index (κ3) is 3.33. The number of carbonyl (C=O) groups is 2. The third-order valence-corrected chi connectivity index (χ3v) is 6.36. The molecule has 1 amide bonds. The van der Waals surface area contributed by atoms with Crippen molar-refractivity contribution in [3.63, 3.8) is 0 Å². The van der Waals surface area contributed by atoms with Crippen LogP contribution in [0.1, 0.15) is 29.7 Å². The number of Topliss-reactive ketones (excluding diaryl/α,β-unsaturated/α-hetero) is 1. The van der Waals surface area contributed by atoms with Gasteiger partial charge in [-0.25, -0.2) is 4.98 Å². The van der Waals surface area contributed by atoms with Gasteiger partial charge in [0.2, 0.25) is 0 Å². The Morgan fingerprint density at radius 3 is 2.56 bits per heavy atom. The lowest BCUT2D eigenvalue weighted by molar-refractivity contribution is -0.132. The number of carbonyl (C=O) groups excluding carboxylic acids is 2. The molecule has 3 heterocycles. The fraction of sp³-hybridized carbons (Fsp3) is 0.208. The van der Waals surface area contributed by atoms with Crippen molar-refractivity contribution in [3.05, 3.63) is 76.3 Å². The number of ketones is 1. The molecule has 2 aliphatic rings. The van der Waals surface area contributed by atoms with E-state index in [1.807, 2.05) is 24.3 Å². The smallest absolute Gasteiger partial charge is 0.301 e. The Bertz CT molecular complexity index is 1220. The van der Waals surface area contributed by atoms with Crippen LogP contribution in [0.3, 0.4) is 0 Å². The van der Waals surface area contributed by atoms with Gasteiger partial charge in [0.1, 0.15) is 19.0 Å². The average molecular weight is 449 g/mol. The van der Waals surface area contributed by atoms with Gasteiger partial charge < -0.3 is 14.6 Å².